The van der Waals surface area contributed by atoms with E-state index in [0.717, 1.165) is 0 Å². The number of hydrogen-bond donors (Lipinski definition) is 1. The number of halogens is 1. The first-order valence-corrected chi connectivity index (χ1v) is 5.53. The Hall–Kier alpha value is -2.07. The largest absolute Gasteiger partial charge is 0.494 e. The van der Waals surface area contributed by atoms with Crippen LogP contribution in [-0.4, -0.2) is 23.2 Å². The summed E-state index contributed by atoms with van der Waals surface area (Å²) < 4.78 is 4.95. The lowest BCUT2D eigenvalue weighted by Gasteiger charge is -2.08. The summed E-state index contributed by atoms with van der Waals surface area (Å²) in [7, 11) is 1.40. The van der Waals surface area contributed by atoms with Crippen molar-refractivity contribution in [3.8, 4) is 17.0 Å². The molecule has 0 amide bonds. The van der Waals surface area contributed by atoms with Crippen LogP contribution in [0.3, 0.4) is 0 Å². The van der Waals surface area contributed by atoms with Crippen molar-refractivity contribution in [2.45, 2.75) is 0 Å². The van der Waals surface area contributed by atoms with E-state index >= 15 is 0 Å². The zero-order chi connectivity index (χ0) is 13.1. The van der Waals surface area contributed by atoms with Crippen LogP contribution in [-0.2, 0) is 0 Å². The predicted octanol–water partition coefficient (Wildman–Crippen LogP) is 3.11. The molecule has 0 aliphatic heterocycles. The molecule has 0 unspecified atom stereocenters. The fourth-order valence-electron chi connectivity index (χ4n) is 1.59. The number of rotatable bonds is 3. The molecule has 0 radical (unpaired) electrons. The van der Waals surface area contributed by atoms with Crippen LogP contribution in [0, 0.1) is 0 Å². The quantitative estimate of drug-likeness (QED) is 0.924. The van der Waals surface area contributed by atoms with Crippen molar-refractivity contribution in [1.29, 1.82) is 0 Å². The van der Waals surface area contributed by atoms with Gasteiger partial charge in [0.1, 0.15) is 5.56 Å². The summed E-state index contributed by atoms with van der Waals surface area (Å²) in [5.74, 6) is -0.846. The lowest BCUT2D eigenvalue weighted by molar-refractivity contribution is 0.0693. The van der Waals surface area contributed by atoms with Gasteiger partial charge in [0.2, 0.25) is 0 Å². The number of aromatic nitrogens is 1. The van der Waals surface area contributed by atoms with Gasteiger partial charge >= 0.3 is 5.97 Å². The minimum Gasteiger partial charge on any atom is -0.494 e. The molecular formula is C13H10ClNO3. The summed E-state index contributed by atoms with van der Waals surface area (Å²) >= 11 is 6.05. The predicted molar refractivity (Wildman–Crippen MR) is 68.2 cm³/mol. The van der Waals surface area contributed by atoms with E-state index in [-0.39, 0.29) is 11.3 Å². The van der Waals surface area contributed by atoms with Gasteiger partial charge in [0.05, 0.1) is 19.0 Å². The summed E-state index contributed by atoms with van der Waals surface area (Å²) in [4.78, 5) is 15.3. The van der Waals surface area contributed by atoms with Crippen LogP contribution >= 0.6 is 11.6 Å². The third-order valence-corrected chi connectivity index (χ3v) is 2.80. The van der Waals surface area contributed by atoms with Crippen molar-refractivity contribution >= 4 is 17.6 Å². The van der Waals surface area contributed by atoms with Crippen LogP contribution in [0.4, 0.5) is 0 Å². The molecule has 18 heavy (non-hydrogen) atoms. The minimum atomic E-state index is -1.07. The standard InChI is InChI=1S/C13H10ClNO3/c1-18-12-7-15-11(6-9(12)13(16)17)8-4-2-3-5-10(8)14/h2-7H,1H3,(H,16,17). The molecule has 0 saturated heterocycles. The van der Waals surface area contributed by atoms with Gasteiger partial charge in [-0.15, -0.1) is 0 Å². The molecule has 0 bridgehead atoms. The molecule has 2 rings (SSSR count). The van der Waals surface area contributed by atoms with E-state index in [1.807, 2.05) is 6.07 Å². The number of nitrogens with zero attached hydrogens (tertiary/aromatic N) is 1. The van der Waals surface area contributed by atoms with Gasteiger partial charge in [-0.05, 0) is 12.1 Å². The van der Waals surface area contributed by atoms with E-state index in [1.165, 1.54) is 19.4 Å². The Morgan fingerprint density at radius 3 is 2.72 bits per heavy atom. The Balaban J connectivity index is 2.57. The van der Waals surface area contributed by atoms with E-state index in [0.29, 0.717) is 16.3 Å². The van der Waals surface area contributed by atoms with Crippen molar-refractivity contribution in [3.63, 3.8) is 0 Å². The number of ether oxygens (including phenoxy) is 1. The number of hydrogen-bond acceptors (Lipinski definition) is 3. The van der Waals surface area contributed by atoms with Gasteiger partial charge in [0, 0.05) is 10.6 Å². The van der Waals surface area contributed by atoms with Gasteiger partial charge in [0.15, 0.2) is 5.75 Å². The first-order chi connectivity index (χ1) is 8.63. The SMILES string of the molecule is COc1cnc(-c2ccccc2Cl)cc1C(=O)O. The minimum absolute atomic E-state index is 0.0578. The van der Waals surface area contributed by atoms with Crippen LogP contribution in [0.25, 0.3) is 11.3 Å². The number of carboxylic acids is 1. The average molecular weight is 264 g/mol. The highest BCUT2D eigenvalue weighted by molar-refractivity contribution is 6.33. The van der Waals surface area contributed by atoms with Crippen LogP contribution in [0.2, 0.25) is 5.02 Å². The number of methoxy groups -OCH3 is 1. The van der Waals surface area contributed by atoms with Gasteiger partial charge in [-0.1, -0.05) is 29.8 Å². The molecule has 0 aliphatic carbocycles. The van der Waals surface area contributed by atoms with Crippen LogP contribution in [0.15, 0.2) is 36.5 Å². The lowest BCUT2D eigenvalue weighted by Crippen LogP contribution is -2.02. The Labute approximate surface area is 109 Å². The Morgan fingerprint density at radius 1 is 1.39 bits per heavy atom. The summed E-state index contributed by atoms with van der Waals surface area (Å²) in [6.45, 7) is 0. The number of carboxylic acid groups (broad SMARTS) is 1. The molecule has 1 heterocycles. The first kappa shape index (κ1) is 12.4. The maximum atomic E-state index is 11.1. The molecule has 0 saturated carbocycles. The Kier molecular flexibility index (Phi) is 3.48. The van der Waals surface area contributed by atoms with E-state index in [9.17, 15) is 4.79 Å². The lowest BCUT2D eigenvalue weighted by atomic mass is 10.1. The molecule has 2 aromatic rings. The smallest absolute Gasteiger partial charge is 0.339 e. The van der Waals surface area contributed by atoms with Gasteiger partial charge in [-0.2, -0.15) is 0 Å². The van der Waals surface area contributed by atoms with Crippen LogP contribution < -0.4 is 4.74 Å². The topological polar surface area (TPSA) is 59.4 Å². The molecule has 0 spiro atoms. The normalized spacial score (nSPS) is 10.1. The van der Waals surface area contributed by atoms with E-state index < -0.39 is 5.97 Å². The first-order valence-electron chi connectivity index (χ1n) is 5.15. The summed E-state index contributed by atoms with van der Waals surface area (Å²) in [6.07, 6.45) is 1.38. The van der Waals surface area contributed by atoms with Crippen molar-refractivity contribution in [2.75, 3.05) is 7.11 Å². The molecule has 1 aromatic carbocycles. The highest BCUT2D eigenvalue weighted by Gasteiger charge is 2.14. The second-order valence-electron chi connectivity index (χ2n) is 3.55. The van der Waals surface area contributed by atoms with E-state index in [1.54, 1.807) is 18.2 Å². The molecule has 92 valence electrons. The molecule has 1 aromatic heterocycles. The number of benzene rings is 1. The number of aromatic carboxylic acids is 1. The van der Waals surface area contributed by atoms with Crippen LogP contribution in [0.5, 0.6) is 5.75 Å². The summed E-state index contributed by atoms with van der Waals surface area (Å²) in [5.41, 5.74) is 1.24. The maximum Gasteiger partial charge on any atom is 0.339 e. The fraction of sp³-hybridized carbons (Fsp3) is 0.0769. The van der Waals surface area contributed by atoms with Crippen molar-refractivity contribution in [1.82, 2.24) is 4.98 Å². The van der Waals surface area contributed by atoms with E-state index in [4.69, 9.17) is 21.4 Å². The summed E-state index contributed by atoms with van der Waals surface area (Å²) in [5, 5.41) is 9.62. The average Bonchev–Trinajstić information content (AvgIpc) is 2.38. The van der Waals surface area contributed by atoms with Gasteiger partial charge in [-0.25, -0.2) is 4.79 Å². The molecule has 0 aliphatic rings. The molecular weight excluding hydrogens is 254 g/mol. The third-order valence-electron chi connectivity index (χ3n) is 2.47. The van der Waals surface area contributed by atoms with Crippen molar-refractivity contribution in [3.05, 3.63) is 47.1 Å². The van der Waals surface area contributed by atoms with Gasteiger partial charge < -0.3 is 9.84 Å². The molecule has 4 nitrogen and oxygen atoms in total. The zero-order valence-electron chi connectivity index (χ0n) is 9.55. The number of pyridine rings is 1. The second-order valence-corrected chi connectivity index (χ2v) is 3.96. The second kappa shape index (κ2) is 5.06. The van der Waals surface area contributed by atoms with Gasteiger partial charge in [0.25, 0.3) is 0 Å². The fourth-order valence-corrected chi connectivity index (χ4v) is 1.82. The van der Waals surface area contributed by atoms with E-state index in [2.05, 4.69) is 4.98 Å². The summed E-state index contributed by atoms with van der Waals surface area (Å²) in [6, 6.07) is 8.56. The molecule has 0 fully saturated rings. The third kappa shape index (κ3) is 2.28. The monoisotopic (exact) mass is 263 g/mol. The van der Waals surface area contributed by atoms with Gasteiger partial charge in [-0.3, -0.25) is 4.98 Å². The Bertz CT molecular complexity index is 599. The highest BCUT2D eigenvalue weighted by Crippen LogP contribution is 2.29. The zero-order valence-corrected chi connectivity index (χ0v) is 10.3. The highest BCUT2D eigenvalue weighted by atomic mass is 35.5. The number of carbonyl (C=O) groups is 1. The molecule has 0 atom stereocenters. The van der Waals surface area contributed by atoms with Crippen LogP contribution in [0.1, 0.15) is 10.4 Å². The molecule has 1 N–H and O–H groups in total. The molecule has 5 heteroatoms. The van der Waals surface area contributed by atoms with Crippen molar-refractivity contribution in [2.24, 2.45) is 0 Å². The Morgan fingerprint density at radius 2 is 2.11 bits per heavy atom. The maximum absolute atomic E-state index is 11.1. The van der Waals surface area contributed by atoms with Crippen molar-refractivity contribution < 1.29 is 14.6 Å².